The zero-order chi connectivity index (χ0) is 13.8. The monoisotopic (exact) mass is 265 g/mol. The van der Waals surface area contributed by atoms with Crippen LogP contribution in [0.2, 0.25) is 0 Å². The smallest absolute Gasteiger partial charge is 0.168 e. The van der Waals surface area contributed by atoms with Crippen LogP contribution in [0.15, 0.2) is 0 Å². The van der Waals surface area contributed by atoms with Gasteiger partial charge in [0.2, 0.25) is 0 Å². The molecular weight excluding hydrogens is 238 g/mol. The summed E-state index contributed by atoms with van der Waals surface area (Å²) in [7, 11) is 0. The lowest BCUT2D eigenvalue weighted by atomic mass is 9.78. The number of hydrogen-bond acceptors (Lipinski definition) is 4. The average Bonchev–Trinajstić information content (AvgIpc) is 2.88. The van der Waals surface area contributed by atoms with Gasteiger partial charge >= 0.3 is 0 Å². The first-order valence-electron chi connectivity index (χ1n) is 7.66. The molecule has 4 unspecified atom stereocenters. The molecule has 1 aromatic rings. The summed E-state index contributed by atoms with van der Waals surface area (Å²) in [4.78, 5) is 0. The van der Waals surface area contributed by atoms with E-state index in [1.807, 2.05) is 0 Å². The first kappa shape index (κ1) is 14.4. The van der Waals surface area contributed by atoms with E-state index in [0.29, 0.717) is 12.0 Å². The summed E-state index contributed by atoms with van der Waals surface area (Å²) in [6.45, 7) is 10.0. The third-order valence-electron chi connectivity index (χ3n) is 4.58. The summed E-state index contributed by atoms with van der Waals surface area (Å²) in [6, 6.07) is 0.680. The van der Waals surface area contributed by atoms with E-state index in [2.05, 4.69) is 53.2 Å². The third kappa shape index (κ3) is 3.14. The van der Waals surface area contributed by atoms with Gasteiger partial charge < -0.3 is 5.32 Å². The minimum Gasteiger partial charge on any atom is -0.307 e. The topological polar surface area (TPSA) is 55.6 Å². The molecule has 0 bridgehead atoms. The molecule has 5 heteroatoms. The molecule has 4 atom stereocenters. The van der Waals surface area contributed by atoms with Crippen molar-refractivity contribution in [3.8, 4) is 0 Å². The number of hydrogen-bond donors (Lipinski definition) is 1. The number of aromatic nitrogens is 4. The van der Waals surface area contributed by atoms with Gasteiger partial charge in [0.05, 0.1) is 12.1 Å². The molecule has 2 rings (SSSR count). The van der Waals surface area contributed by atoms with Gasteiger partial charge in [-0.15, -0.1) is 5.10 Å². The van der Waals surface area contributed by atoms with Crippen molar-refractivity contribution in [1.29, 1.82) is 0 Å². The summed E-state index contributed by atoms with van der Waals surface area (Å²) in [5.41, 5.74) is 0. The van der Waals surface area contributed by atoms with E-state index in [9.17, 15) is 0 Å². The van der Waals surface area contributed by atoms with Crippen molar-refractivity contribution in [2.75, 3.05) is 6.54 Å². The second-order valence-electron chi connectivity index (χ2n) is 5.99. The maximum Gasteiger partial charge on any atom is 0.168 e. The van der Waals surface area contributed by atoms with Gasteiger partial charge in [-0.05, 0) is 48.6 Å². The molecule has 0 spiro atoms. The van der Waals surface area contributed by atoms with E-state index in [1.54, 1.807) is 0 Å². The molecule has 19 heavy (non-hydrogen) atoms. The van der Waals surface area contributed by atoms with Crippen molar-refractivity contribution >= 4 is 0 Å². The Kier molecular flexibility index (Phi) is 4.91. The van der Waals surface area contributed by atoms with Gasteiger partial charge in [0, 0.05) is 0 Å². The van der Waals surface area contributed by atoms with Crippen LogP contribution in [-0.4, -0.2) is 26.8 Å². The Bertz CT molecular complexity index is 389. The third-order valence-corrected chi connectivity index (χ3v) is 4.58. The van der Waals surface area contributed by atoms with E-state index < -0.39 is 0 Å². The summed E-state index contributed by atoms with van der Waals surface area (Å²) >= 11 is 0. The molecule has 0 aliphatic heterocycles. The van der Waals surface area contributed by atoms with E-state index in [-0.39, 0.29) is 6.04 Å². The lowest BCUT2D eigenvalue weighted by Crippen LogP contribution is -2.31. The summed E-state index contributed by atoms with van der Waals surface area (Å²) < 4.78 is 2.08. The highest BCUT2D eigenvalue weighted by Crippen LogP contribution is 2.37. The summed E-state index contributed by atoms with van der Waals surface area (Å²) in [5, 5.41) is 15.9. The maximum atomic E-state index is 4.27. The molecule has 5 nitrogen and oxygen atoms in total. The van der Waals surface area contributed by atoms with Gasteiger partial charge in [0.15, 0.2) is 5.82 Å². The quantitative estimate of drug-likeness (QED) is 0.889. The van der Waals surface area contributed by atoms with Gasteiger partial charge in [0.25, 0.3) is 0 Å². The number of rotatable bonds is 5. The van der Waals surface area contributed by atoms with Gasteiger partial charge in [0.1, 0.15) is 0 Å². The molecule has 108 valence electrons. The van der Waals surface area contributed by atoms with Crippen molar-refractivity contribution in [3.63, 3.8) is 0 Å². The standard InChI is InChI=1S/C14H27N5/c1-5-9-15-12(4)14-16-17-18-19(14)13-8-6-7-10(2)11(13)3/h10-13,15H,5-9H2,1-4H3. The van der Waals surface area contributed by atoms with Crippen molar-refractivity contribution in [3.05, 3.63) is 5.82 Å². The van der Waals surface area contributed by atoms with Crippen molar-refractivity contribution in [1.82, 2.24) is 25.5 Å². The van der Waals surface area contributed by atoms with Gasteiger partial charge in [-0.3, -0.25) is 0 Å². The molecule has 1 heterocycles. The lowest BCUT2D eigenvalue weighted by molar-refractivity contribution is 0.167. The predicted molar refractivity (Wildman–Crippen MR) is 75.7 cm³/mol. The van der Waals surface area contributed by atoms with Crippen LogP contribution in [0.3, 0.4) is 0 Å². The van der Waals surface area contributed by atoms with Crippen LogP contribution in [0, 0.1) is 11.8 Å². The van der Waals surface area contributed by atoms with E-state index in [0.717, 1.165) is 24.7 Å². The zero-order valence-electron chi connectivity index (χ0n) is 12.6. The van der Waals surface area contributed by atoms with E-state index in [4.69, 9.17) is 0 Å². The minimum absolute atomic E-state index is 0.222. The molecule has 0 saturated heterocycles. The van der Waals surface area contributed by atoms with E-state index in [1.165, 1.54) is 19.3 Å². The molecule has 1 saturated carbocycles. The fraction of sp³-hybridized carbons (Fsp3) is 0.929. The van der Waals surface area contributed by atoms with Gasteiger partial charge in [-0.25, -0.2) is 4.68 Å². The number of nitrogens with one attached hydrogen (secondary N) is 1. The molecule has 0 aromatic carbocycles. The normalized spacial score (nSPS) is 29.4. The lowest BCUT2D eigenvalue weighted by Gasteiger charge is -2.34. The largest absolute Gasteiger partial charge is 0.307 e. The minimum atomic E-state index is 0.222. The first-order chi connectivity index (χ1) is 9.15. The van der Waals surface area contributed by atoms with Crippen LogP contribution in [0.1, 0.15) is 71.3 Å². The summed E-state index contributed by atoms with van der Waals surface area (Å²) in [6.07, 6.45) is 4.94. The molecule has 1 aromatic heterocycles. The van der Waals surface area contributed by atoms with Gasteiger partial charge in [-0.2, -0.15) is 0 Å². The SMILES string of the molecule is CCCNC(C)c1nnnn1C1CCCC(C)C1C. The molecule has 0 amide bonds. The Morgan fingerprint density at radius 2 is 2.16 bits per heavy atom. The molecule has 1 aliphatic rings. The van der Waals surface area contributed by atoms with Crippen molar-refractivity contribution < 1.29 is 0 Å². The van der Waals surface area contributed by atoms with Crippen molar-refractivity contribution in [2.24, 2.45) is 11.8 Å². The highest BCUT2D eigenvalue weighted by molar-refractivity contribution is 4.94. The molecule has 0 radical (unpaired) electrons. The molecule has 1 fully saturated rings. The Labute approximate surface area is 116 Å². The Morgan fingerprint density at radius 1 is 1.37 bits per heavy atom. The highest BCUT2D eigenvalue weighted by atomic mass is 15.6. The van der Waals surface area contributed by atoms with E-state index >= 15 is 0 Å². The van der Waals surface area contributed by atoms with Gasteiger partial charge in [-0.1, -0.05) is 33.6 Å². The highest BCUT2D eigenvalue weighted by Gasteiger charge is 2.31. The number of tetrazole rings is 1. The van der Waals surface area contributed by atoms with Crippen LogP contribution >= 0.6 is 0 Å². The number of nitrogens with zero attached hydrogens (tertiary/aromatic N) is 4. The molecule has 1 N–H and O–H groups in total. The predicted octanol–water partition coefficient (Wildman–Crippen LogP) is 2.73. The van der Waals surface area contributed by atoms with Crippen LogP contribution < -0.4 is 5.32 Å². The zero-order valence-corrected chi connectivity index (χ0v) is 12.6. The fourth-order valence-corrected chi connectivity index (χ4v) is 3.07. The second-order valence-corrected chi connectivity index (χ2v) is 5.99. The maximum absolute atomic E-state index is 4.27. The first-order valence-corrected chi connectivity index (χ1v) is 7.66. The second kappa shape index (κ2) is 6.46. The summed E-state index contributed by atoms with van der Waals surface area (Å²) in [5.74, 6) is 2.39. The Morgan fingerprint density at radius 3 is 2.89 bits per heavy atom. The van der Waals surface area contributed by atoms with Crippen LogP contribution in [0.5, 0.6) is 0 Å². The van der Waals surface area contributed by atoms with Crippen molar-refractivity contribution in [2.45, 2.75) is 65.5 Å². The van der Waals surface area contributed by atoms with Crippen LogP contribution in [0.25, 0.3) is 0 Å². The molecular formula is C14H27N5. The average molecular weight is 265 g/mol. The van der Waals surface area contributed by atoms with Crippen LogP contribution in [-0.2, 0) is 0 Å². The van der Waals surface area contributed by atoms with Crippen LogP contribution in [0.4, 0.5) is 0 Å². The Balaban J connectivity index is 2.14. The fourth-order valence-electron chi connectivity index (χ4n) is 3.07. The Hall–Kier alpha value is -0.970. The molecule has 1 aliphatic carbocycles.